The fourth-order valence-electron chi connectivity index (χ4n) is 4.95. The SMILES string of the molecule is CC.CC(C)(C)NS(=O)c1ccc(-c2sc(C(=O)NC3CCOCC3)nc2CC2CCCCC2)cc1C(F)(F)F. The van der Waals surface area contributed by atoms with Gasteiger partial charge in [-0.15, -0.1) is 11.3 Å². The van der Waals surface area contributed by atoms with Gasteiger partial charge in [0.1, 0.15) is 11.0 Å². The van der Waals surface area contributed by atoms with Gasteiger partial charge in [0.2, 0.25) is 0 Å². The van der Waals surface area contributed by atoms with Crippen molar-refractivity contribution in [2.75, 3.05) is 13.2 Å². The average molecular weight is 602 g/mol. The molecule has 2 fully saturated rings. The summed E-state index contributed by atoms with van der Waals surface area (Å²) in [5.41, 5.74) is -0.587. The second-order valence-corrected chi connectivity index (χ2v) is 13.4. The van der Waals surface area contributed by atoms with Crippen LogP contribution in [0.2, 0.25) is 0 Å². The molecule has 2 N–H and O–H groups in total. The first-order valence-corrected chi connectivity index (χ1v) is 16.2. The molecule has 0 spiro atoms. The number of halogens is 3. The van der Waals surface area contributed by atoms with Crippen molar-refractivity contribution in [3.8, 4) is 10.4 Å². The summed E-state index contributed by atoms with van der Waals surface area (Å²) in [6, 6.07) is 3.88. The van der Waals surface area contributed by atoms with E-state index in [9.17, 15) is 22.2 Å². The molecule has 1 atom stereocenters. The van der Waals surface area contributed by atoms with Gasteiger partial charge in [0, 0.05) is 24.8 Å². The van der Waals surface area contributed by atoms with Crippen LogP contribution in [0, 0.1) is 5.92 Å². The molecule has 1 aliphatic carbocycles. The molecular formula is C29H42F3N3O3S2. The molecule has 2 aliphatic rings. The van der Waals surface area contributed by atoms with Crippen LogP contribution in [0.1, 0.15) is 101 Å². The van der Waals surface area contributed by atoms with Crippen molar-refractivity contribution in [1.29, 1.82) is 0 Å². The van der Waals surface area contributed by atoms with Gasteiger partial charge in [-0.25, -0.2) is 13.9 Å². The Labute approximate surface area is 242 Å². The molecule has 0 bridgehead atoms. The molecule has 2 aromatic rings. The normalized spacial score (nSPS) is 18.1. The number of amides is 1. The van der Waals surface area contributed by atoms with Gasteiger partial charge in [0.15, 0.2) is 5.01 Å². The number of alkyl halides is 3. The van der Waals surface area contributed by atoms with Crippen LogP contribution in [0.4, 0.5) is 13.2 Å². The number of thiazole rings is 1. The zero-order valence-corrected chi connectivity index (χ0v) is 25.7. The lowest BCUT2D eigenvalue weighted by atomic mass is 9.85. The van der Waals surface area contributed by atoms with Gasteiger partial charge in [0.05, 0.1) is 21.0 Å². The van der Waals surface area contributed by atoms with Crippen molar-refractivity contribution in [2.45, 2.75) is 109 Å². The molecule has 1 aromatic heterocycles. The van der Waals surface area contributed by atoms with E-state index in [0.29, 0.717) is 41.7 Å². The number of aromatic nitrogens is 1. The topological polar surface area (TPSA) is 80.3 Å². The van der Waals surface area contributed by atoms with E-state index < -0.39 is 28.3 Å². The summed E-state index contributed by atoms with van der Waals surface area (Å²) in [5, 5.41) is 3.27. The summed E-state index contributed by atoms with van der Waals surface area (Å²) in [4.78, 5) is 18.0. The molecule has 1 aromatic carbocycles. The number of nitrogens with zero attached hydrogens (tertiary/aromatic N) is 1. The van der Waals surface area contributed by atoms with E-state index in [-0.39, 0.29) is 21.9 Å². The molecule has 1 saturated heterocycles. The smallest absolute Gasteiger partial charge is 0.381 e. The Bertz CT molecular complexity index is 1150. The quantitative estimate of drug-likeness (QED) is 0.349. The number of ether oxygens (including phenoxy) is 1. The van der Waals surface area contributed by atoms with Crippen LogP contribution in [-0.4, -0.2) is 39.9 Å². The third-order valence-corrected chi connectivity index (χ3v) is 9.50. The maximum atomic E-state index is 14.2. The van der Waals surface area contributed by atoms with Gasteiger partial charge >= 0.3 is 6.18 Å². The molecular weight excluding hydrogens is 559 g/mol. The van der Waals surface area contributed by atoms with Crippen LogP contribution in [0.15, 0.2) is 23.1 Å². The van der Waals surface area contributed by atoms with Crippen molar-refractivity contribution >= 4 is 28.2 Å². The van der Waals surface area contributed by atoms with E-state index >= 15 is 0 Å². The van der Waals surface area contributed by atoms with E-state index in [4.69, 9.17) is 4.74 Å². The number of hydrogen-bond donors (Lipinski definition) is 2. The maximum Gasteiger partial charge on any atom is 0.417 e. The highest BCUT2D eigenvalue weighted by Crippen LogP contribution is 2.40. The van der Waals surface area contributed by atoms with Gasteiger partial charge < -0.3 is 10.1 Å². The Balaban J connectivity index is 0.00000216. The van der Waals surface area contributed by atoms with E-state index in [2.05, 4.69) is 15.0 Å². The molecule has 0 radical (unpaired) electrons. The molecule has 224 valence electrons. The minimum absolute atomic E-state index is 0.00759. The standard InChI is InChI=1S/C27H36F3N3O3S2.C2H6/c1-26(2,3)33-38(35)22-10-9-18(16-20(22)27(28,29)30)23-21(15-17-7-5-4-6-8-17)32-25(37-23)24(34)31-19-11-13-36-14-12-19;1-2/h9-10,16-17,19,33H,4-8,11-15H2,1-3H3,(H,31,34);1-2H3. The number of carbonyl (C=O) groups excluding carboxylic acids is 1. The number of nitrogens with one attached hydrogen (secondary N) is 2. The summed E-state index contributed by atoms with van der Waals surface area (Å²) in [6.45, 7) is 10.4. The van der Waals surface area contributed by atoms with Crippen molar-refractivity contribution in [1.82, 2.24) is 15.0 Å². The predicted octanol–water partition coefficient (Wildman–Crippen LogP) is 7.30. The summed E-state index contributed by atoms with van der Waals surface area (Å²) in [7, 11) is -2.05. The van der Waals surface area contributed by atoms with Gasteiger partial charge in [0.25, 0.3) is 5.91 Å². The third kappa shape index (κ3) is 9.09. The first-order chi connectivity index (χ1) is 18.9. The molecule has 1 saturated carbocycles. The number of benzene rings is 1. The van der Waals surface area contributed by atoms with E-state index in [1.54, 1.807) is 26.8 Å². The second-order valence-electron chi connectivity index (χ2n) is 11.2. The summed E-state index contributed by atoms with van der Waals surface area (Å²) in [6.07, 6.45) is 2.89. The number of carbonyl (C=O) groups is 1. The molecule has 1 amide bonds. The molecule has 6 nitrogen and oxygen atoms in total. The van der Waals surface area contributed by atoms with Gasteiger partial charge in [-0.05, 0) is 63.6 Å². The second kappa shape index (κ2) is 14.4. The zero-order chi connectivity index (χ0) is 29.5. The van der Waals surface area contributed by atoms with E-state index in [0.717, 1.165) is 55.9 Å². The average Bonchev–Trinajstić information content (AvgIpc) is 3.33. The highest BCUT2D eigenvalue weighted by molar-refractivity contribution is 7.83. The first kappa shape index (κ1) is 32.7. The van der Waals surface area contributed by atoms with Crippen LogP contribution < -0.4 is 10.0 Å². The summed E-state index contributed by atoms with van der Waals surface area (Å²) < 4.78 is 63.4. The van der Waals surface area contributed by atoms with Crippen LogP contribution >= 0.6 is 11.3 Å². The number of rotatable bonds is 7. The molecule has 1 unspecified atom stereocenters. The summed E-state index contributed by atoms with van der Waals surface area (Å²) in [5.74, 6) is 0.0852. The first-order valence-electron chi connectivity index (χ1n) is 14.2. The van der Waals surface area contributed by atoms with E-state index in [1.807, 2.05) is 13.8 Å². The Kier molecular flexibility index (Phi) is 11.8. The van der Waals surface area contributed by atoms with Crippen molar-refractivity contribution in [3.63, 3.8) is 0 Å². The van der Waals surface area contributed by atoms with Gasteiger partial charge in [-0.1, -0.05) is 52.0 Å². The fourth-order valence-corrected chi connectivity index (χ4v) is 7.18. The Hall–Kier alpha value is -1.82. The lowest BCUT2D eigenvalue weighted by Crippen LogP contribution is -2.38. The highest BCUT2D eigenvalue weighted by Gasteiger charge is 2.36. The van der Waals surface area contributed by atoms with Crippen LogP contribution in [0.3, 0.4) is 0 Å². The largest absolute Gasteiger partial charge is 0.417 e. The molecule has 1 aliphatic heterocycles. The lowest BCUT2D eigenvalue weighted by Gasteiger charge is -2.22. The Morgan fingerprint density at radius 1 is 1.07 bits per heavy atom. The van der Waals surface area contributed by atoms with Crippen molar-refractivity contribution in [3.05, 3.63) is 34.5 Å². The van der Waals surface area contributed by atoms with Crippen molar-refractivity contribution in [2.24, 2.45) is 5.92 Å². The number of hydrogen-bond acceptors (Lipinski definition) is 5. The van der Waals surface area contributed by atoms with Crippen LogP contribution in [-0.2, 0) is 28.3 Å². The zero-order valence-electron chi connectivity index (χ0n) is 24.1. The molecule has 40 heavy (non-hydrogen) atoms. The van der Waals surface area contributed by atoms with Gasteiger partial charge in [-0.3, -0.25) is 4.79 Å². The van der Waals surface area contributed by atoms with Gasteiger partial charge in [-0.2, -0.15) is 13.2 Å². The third-order valence-electron chi connectivity index (χ3n) is 6.80. The minimum Gasteiger partial charge on any atom is -0.381 e. The maximum absolute atomic E-state index is 14.2. The monoisotopic (exact) mass is 601 g/mol. The molecule has 2 heterocycles. The Morgan fingerprint density at radius 3 is 2.33 bits per heavy atom. The van der Waals surface area contributed by atoms with Crippen LogP contribution in [0.5, 0.6) is 0 Å². The minimum atomic E-state index is -4.70. The van der Waals surface area contributed by atoms with Crippen molar-refractivity contribution < 1.29 is 26.9 Å². The fraction of sp³-hybridized carbons (Fsp3) is 0.655. The highest BCUT2D eigenvalue weighted by atomic mass is 32.2. The Morgan fingerprint density at radius 2 is 1.73 bits per heavy atom. The van der Waals surface area contributed by atoms with E-state index in [1.165, 1.54) is 12.5 Å². The summed E-state index contributed by atoms with van der Waals surface area (Å²) >= 11 is 1.13. The lowest BCUT2D eigenvalue weighted by molar-refractivity contribution is -0.139. The van der Waals surface area contributed by atoms with Crippen LogP contribution in [0.25, 0.3) is 10.4 Å². The molecule has 4 rings (SSSR count). The molecule has 11 heteroatoms. The predicted molar refractivity (Wildman–Crippen MR) is 155 cm³/mol.